The Hall–Kier alpha value is -0.760. The van der Waals surface area contributed by atoms with Crippen molar-refractivity contribution in [3.8, 4) is 0 Å². The third-order valence-corrected chi connectivity index (χ3v) is 3.30. The van der Waals surface area contributed by atoms with Crippen molar-refractivity contribution in [2.75, 3.05) is 13.1 Å². The van der Waals surface area contributed by atoms with E-state index >= 15 is 0 Å². The maximum absolute atomic E-state index is 3.48. The Morgan fingerprint density at radius 2 is 1.73 bits per heavy atom. The minimum Gasteiger partial charge on any atom is -0.371 e. The lowest BCUT2D eigenvalue weighted by molar-refractivity contribution is 0.326. The fraction of sp³-hybridized carbons (Fsp3) is 0.385. The van der Waals surface area contributed by atoms with Gasteiger partial charge in [0, 0.05) is 18.1 Å². The van der Waals surface area contributed by atoms with Gasteiger partial charge in [0.15, 0.2) is 0 Å². The molecule has 0 unspecified atom stereocenters. The van der Waals surface area contributed by atoms with Gasteiger partial charge in [-0.2, -0.15) is 0 Å². The van der Waals surface area contributed by atoms with Gasteiger partial charge < -0.3 is 4.90 Å². The number of halogens is 1. The van der Waals surface area contributed by atoms with Crippen LogP contribution < -0.4 is 0 Å². The zero-order valence-electron chi connectivity index (χ0n) is 8.82. The molecule has 0 N–H and O–H groups in total. The summed E-state index contributed by atoms with van der Waals surface area (Å²) in [6.45, 7) is 2.37. The molecule has 0 amide bonds. The molecule has 0 aromatic heterocycles. The summed E-state index contributed by atoms with van der Waals surface area (Å²) in [5.41, 5.74) is 2.62. The van der Waals surface area contributed by atoms with Gasteiger partial charge in [0.1, 0.15) is 0 Å². The van der Waals surface area contributed by atoms with Crippen LogP contribution in [0.5, 0.6) is 0 Å². The molecule has 0 atom stereocenters. The molecule has 1 aliphatic rings. The SMILES string of the molecule is Br/C=C(\c1ccccc1)N1CCCCC1. The largest absolute Gasteiger partial charge is 0.371 e. The molecule has 0 aliphatic carbocycles. The molecule has 1 fully saturated rings. The molecule has 0 radical (unpaired) electrons. The first-order valence-electron chi connectivity index (χ1n) is 5.52. The molecular weight excluding hydrogens is 250 g/mol. The van der Waals surface area contributed by atoms with E-state index in [1.807, 2.05) is 4.99 Å². The summed E-state index contributed by atoms with van der Waals surface area (Å²) in [4.78, 5) is 4.52. The van der Waals surface area contributed by atoms with E-state index in [-0.39, 0.29) is 0 Å². The molecule has 0 saturated carbocycles. The Bertz CT molecular complexity index is 326. The molecule has 2 rings (SSSR count). The number of hydrogen-bond donors (Lipinski definition) is 0. The summed E-state index contributed by atoms with van der Waals surface area (Å²) in [6, 6.07) is 10.6. The summed E-state index contributed by atoms with van der Waals surface area (Å²) in [7, 11) is 0. The fourth-order valence-electron chi connectivity index (χ4n) is 2.06. The standard InChI is InChI=1S/C13H16BrN/c14-11-13(12-7-3-1-4-8-12)15-9-5-2-6-10-15/h1,3-4,7-8,11H,2,5-6,9-10H2/b13-11+. The summed E-state index contributed by atoms with van der Waals surface area (Å²) in [5, 5.41) is 0. The smallest absolute Gasteiger partial charge is 0.0510 e. The van der Waals surface area contributed by atoms with Gasteiger partial charge in [0.25, 0.3) is 0 Å². The number of benzene rings is 1. The van der Waals surface area contributed by atoms with Crippen LogP contribution in [0.15, 0.2) is 35.3 Å². The van der Waals surface area contributed by atoms with Crippen molar-refractivity contribution in [2.24, 2.45) is 0 Å². The summed E-state index contributed by atoms with van der Waals surface area (Å²) < 4.78 is 0. The number of rotatable bonds is 2. The molecule has 1 aromatic rings. The molecule has 1 nitrogen and oxygen atoms in total. The molecule has 1 aliphatic heterocycles. The predicted octanol–water partition coefficient (Wildman–Crippen LogP) is 3.87. The van der Waals surface area contributed by atoms with E-state index in [0.717, 1.165) is 0 Å². The van der Waals surface area contributed by atoms with Crippen LogP contribution in [0, 0.1) is 0 Å². The minimum absolute atomic E-state index is 1.19. The highest BCUT2D eigenvalue weighted by Crippen LogP contribution is 2.24. The van der Waals surface area contributed by atoms with Gasteiger partial charge in [-0.05, 0) is 24.8 Å². The van der Waals surface area contributed by atoms with Crippen molar-refractivity contribution >= 4 is 21.6 Å². The Kier molecular flexibility index (Phi) is 3.84. The molecule has 15 heavy (non-hydrogen) atoms. The van der Waals surface area contributed by atoms with E-state index in [1.54, 1.807) is 0 Å². The Balaban J connectivity index is 2.17. The third kappa shape index (κ3) is 2.63. The van der Waals surface area contributed by atoms with Crippen LogP contribution in [0.4, 0.5) is 0 Å². The normalized spacial score (nSPS) is 17.9. The maximum atomic E-state index is 3.48. The van der Waals surface area contributed by atoms with Gasteiger partial charge in [-0.3, -0.25) is 0 Å². The number of piperidine rings is 1. The lowest BCUT2D eigenvalue weighted by Crippen LogP contribution is -2.28. The predicted molar refractivity (Wildman–Crippen MR) is 68.8 cm³/mol. The van der Waals surface area contributed by atoms with E-state index in [2.05, 4.69) is 51.2 Å². The highest BCUT2D eigenvalue weighted by Gasteiger charge is 2.13. The average Bonchev–Trinajstić information content (AvgIpc) is 2.33. The van der Waals surface area contributed by atoms with Crippen molar-refractivity contribution in [2.45, 2.75) is 19.3 Å². The van der Waals surface area contributed by atoms with Crippen LogP contribution in [0.25, 0.3) is 5.70 Å². The Morgan fingerprint density at radius 3 is 2.33 bits per heavy atom. The van der Waals surface area contributed by atoms with E-state index in [1.165, 1.54) is 43.6 Å². The lowest BCUT2D eigenvalue weighted by atomic mass is 10.1. The highest BCUT2D eigenvalue weighted by atomic mass is 79.9. The first-order valence-corrected chi connectivity index (χ1v) is 6.44. The fourth-order valence-corrected chi connectivity index (χ4v) is 2.61. The minimum atomic E-state index is 1.19. The second-order valence-corrected chi connectivity index (χ2v) is 4.37. The van der Waals surface area contributed by atoms with Crippen LogP contribution in [0.3, 0.4) is 0 Å². The second-order valence-electron chi connectivity index (χ2n) is 3.91. The van der Waals surface area contributed by atoms with Gasteiger partial charge in [0.2, 0.25) is 0 Å². The molecule has 1 heterocycles. The van der Waals surface area contributed by atoms with Gasteiger partial charge in [0.05, 0.1) is 5.70 Å². The van der Waals surface area contributed by atoms with Crippen molar-refractivity contribution < 1.29 is 0 Å². The van der Waals surface area contributed by atoms with Crippen molar-refractivity contribution in [3.63, 3.8) is 0 Å². The van der Waals surface area contributed by atoms with E-state index in [4.69, 9.17) is 0 Å². The number of nitrogens with zero attached hydrogens (tertiary/aromatic N) is 1. The van der Waals surface area contributed by atoms with Gasteiger partial charge in [-0.25, -0.2) is 0 Å². The molecule has 80 valence electrons. The van der Waals surface area contributed by atoms with Gasteiger partial charge in [-0.15, -0.1) is 0 Å². The molecule has 0 bridgehead atoms. The van der Waals surface area contributed by atoms with Crippen LogP contribution in [0.2, 0.25) is 0 Å². The number of hydrogen-bond acceptors (Lipinski definition) is 1. The highest BCUT2D eigenvalue weighted by molar-refractivity contribution is 9.11. The topological polar surface area (TPSA) is 3.24 Å². The van der Waals surface area contributed by atoms with E-state index in [9.17, 15) is 0 Å². The number of likely N-dealkylation sites (tertiary alicyclic amines) is 1. The first-order chi connectivity index (χ1) is 7.42. The monoisotopic (exact) mass is 265 g/mol. The Morgan fingerprint density at radius 1 is 1.07 bits per heavy atom. The van der Waals surface area contributed by atoms with Gasteiger partial charge >= 0.3 is 0 Å². The molecule has 1 aromatic carbocycles. The zero-order valence-corrected chi connectivity index (χ0v) is 10.4. The average molecular weight is 266 g/mol. The third-order valence-electron chi connectivity index (χ3n) is 2.87. The summed E-state index contributed by atoms with van der Waals surface area (Å²) in [5.74, 6) is 0. The molecular formula is C13H16BrN. The molecule has 2 heteroatoms. The molecule has 1 saturated heterocycles. The maximum Gasteiger partial charge on any atom is 0.0510 e. The molecule has 0 spiro atoms. The quantitative estimate of drug-likeness (QED) is 0.785. The van der Waals surface area contributed by atoms with Crippen LogP contribution >= 0.6 is 15.9 Å². The van der Waals surface area contributed by atoms with Crippen molar-refractivity contribution in [1.29, 1.82) is 0 Å². The first kappa shape index (κ1) is 10.7. The summed E-state index contributed by atoms with van der Waals surface area (Å²) >= 11 is 3.48. The summed E-state index contributed by atoms with van der Waals surface area (Å²) in [6.07, 6.45) is 4.01. The van der Waals surface area contributed by atoms with Crippen molar-refractivity contribution in [1.82, 2.24) is 4.90 Å². The second kappa shape index (κ2) is 5.36. The van der Waals surface area contributed by atoms with Crippen LogP contribution in [-0.2, 0) is 0 Å². The van der Waals surface area contributed by atoms with Crippen LogP contribution in [-0.4, -0.2) is 18.0 Å². The van der Waals surface area contributed by atoms with Crippen LogP contribution in [0.1, 0.15) is 24.8 Å². The van der Waals surface area contributed by atoms with Gasteiger partial charge in [-0.1, -0.05) is 46.3 Å². The van der Waals surface area contributed by atoms with Crippen molar-refractivity contribution in [3.05, 3.63) is 40.9 Å². The Labute approximate surface area is 99.9 Å². The van der Waals surface area contributed by atoms with E-state index < -0.39 is 0 Å². The van der Waals surface area contributed by atoms with E-state index in [0.29, 0.717) is 0 Å². The zero-order chi connectivity index (χ0) is 10.5. The lowest BCUT2D eigenvalue weighted by Gasteiger charge is -2.30.